The number of imide groups is 3. The smallest absolute Gasteiger partial charge is 0.425 e. The predicted octanol–water partition coefficient (Wildman–Crippen LogP) is 20.9. The van der Waals surface area contributed by atoms with Gasteiger partial charge in [0.05, 0.1) is 148 Å². The number of carbonyl (C=O) groups is 7. The Morgan fingerprint density at radius 1 is 0.270 bits per heavy atom. The maximum Gasteiger partial charge on any atom is 0.425 e. The van der Waals surface area contributed by atoms with Crippen LogP contribution in [-0.2, 0) is 33.2 Å². The Morgan fingerprint density at radius 3 is 0.601 bits per heavy atom. The molecule has 7 aliphatic rings. The molecule has 0 radical (unpaired) electrons. The van der Waals surface area contributed by atoms with Crippen LogP contribution in [0.15, 0.2) is 83.6 Å². The largest absolute Gasteiger partial charge is 0.443 e. The number of nitrogens with two attached hydrogens (primary N) is 4. The van der Waals surface area contributed by atoms with Crippen LogP contribution in [0.2, 0.25) is 0 Å². The fraction of sp³-hybridized carbons (Fsp3) is 0.670. The van der Waals surface area contributed by atoms with E-state index in [2.05, 4.69) is 102 Å². The van der Waals surface area contributed by atoms with Gasteiger partial charge >= 0.3 is 36.6 Å². The summed E-state index contributed by atoms with van der Waals surface area (Å²) in [5, 5.41) is 59.6. The van der Waals surface area contributed by atoms with Crippen molar-refractivity contribution in [3.8, 4) is 0 Å². The zero-order valence-electron chi connectivity index (χ0n) is 90.9. The average Bonchev–Trinajstić information content (AvgIpc) is 0.810. The van der Waals surface area contributed by atoms with E-state index in [1.807, 2.05) is 41.5 Å². The lowest BCUT2D eigenvalue weighted by molar-refractivity contribution is -0.120. The van der Waals surface area contributed by atoms with Crippen LogP contribution in [0.25, 0.3) is 0 Å². The zero-order valence-corrected chi connectivity index (χ0v) is 94.1. The van der Waals surface area contributed by atoms with E-state index in [0.29, 0.717) is 94.7 Å². The van der Waals surface area contributed by atoms with Gasteiger partial charge in [0, 0.05) is 54.3 Å². The van der Waals surface area contributed by atoms with Gasteiger partial charge < -0.3 is 82.0 Å². The number of carbonyl (C=O) groups excluding carboxylic acids is 7. The summed E-state index contributed by atoms with van der Waals surface area (Å²) in [5.41, 5.74) is 20.4. The first-order chi connectivity index (χ1) is 68.3. The molecule has 148 heavy (non-hydrogen) atoms. The van der Waals surface area contributed by atoms with E-state index in [-0.39, 0.29) is 41.0 Å². The van der Waals surface area contributed by atoms with Crippen LogP contribution >= 0.6 is 31.9 Å². The lowest BCUT2D eigenvalue weighted by Gasteiger charge is -2.32. The molecule has 0 aromatic carbocycles. The predicted molar refractivity (Wildman–Crippen MR) is 569 cm³/mol. The topological polar surface area (TPSA) is 591 Å². The molecule has 7 aromatic rings. The Balaban J connectivity index is 0.000000214. The number of nitrogen functional groups attached to an aromatic ring is 4. The maximum atomic E-state index is 12.7. The summed E-state index contributed by atoms with van der Waals surface area (Å²) in [4.78, 5) is 149. The first-order valence-electron chi connectivity index (χ1n) is 51.1. The van der Waals surface area contributed by atoms with Gasteiger partial charge in [-0.05, 0) is 365 Å². The molecule has 0 unspecified atom stereocenters. The minimum Gasteiger partial charge on any atom is -0.443 e. The van der Waals surface area contributed by atoms with Crippen molar-refractivity contribution in [3.63, 3.8) is 0 Å². The molecule has 42 heteroatoms. The molecule has 0 bridgehead atoms. The van der Waals surface area contributed by atoms with Gasteiger partial charge in [-0.15, -0.1) is 0 Å². The molecule has 7 aliphatic carbocycles. The number of anilines is 7. The van der Waals surface area contributed by atoms with Crippen molar-refractivity contribution in [2.24, 2.45) is 0 Å². The normalized spacial score (nSPS) is 24.8. The molecule has 7 aromatic heterocycles. The third-order valence-electron chi connectivity index (χ3n) is 25.9. The van der Waals surface area contributed by atoms with Crippen molar-refractivity contribution in [1.29, 1.82) is 0 Å². The number of aromatic nitrogens is 14. The van der Waals surface area contributed by atoms with Gasteiger partial charge in [-0.1, -0.05) is 0 Å². The molecule has 0 spiro atoms. The van der Waals surface area contributed by atoms with Crippen molar-refractivity contribution < 1.29 is 92.6 Å². The van der Waals surface area contributed by atoms with Gasteiger partial charge in [-0.2, -0.15) is 14.7 Å². The highest BCUT2D eigenvalue weighted by atomic mass is 79.9. The Labute approximate surface area is 887 Å². The van der Waals surface area contributed by atoms with Crippen molar-refractivity contribution in [2.45, 2.75) is 455 Å². The lowest BCUT2D eigenvalue weighted by atomic mass is 9.79. The zero-order chi connectivity index (χ0) is 110. The second-order valence-electron chi connectivity index (χ2n) is 47.4. The third-order valence-corrected chi connectivity index (χ3v) is 27.1. The summed E-state index contributed by atoms with van der Waals surface area (Å²) in [6.07, 6.45) is 36.7. The first kappa shape index (κ1) is 123. The number of hydrogen-bond acceptors (Lipinski definition) is 37. The number of nitrogens with zero attached hydrogens (tertiary/aromatic N) is 17. The summed E-state index contributed by atoms with van der Waals surface area (Å²) in [7, 11) is 0. The number of ketones is 1. The molecular weight excluding hydrogens is 2030 g/mol. The number of Topliss-reactive ketones (excluding diaryl/α,β-unsaturated/α-hetero) is 1. The molecule has 0 saturated heterocycles. The highest BCUT2D eigenvalue weighted by Gasteiger charge is 2.42. The summed E-state index contributed by atoms with van der Waals surface area (Å²) in [6.45, 7) is 42.1. The van der Waals surface area contributed by atoms with E-state index in [9.17, 15) is 64.2 Å². The van der Waals surface area contributed by atoms with Crippen LogP contribution in [-0.4, -0.2) is 210 Å². The van der Waals surface area contributed by atoms with E-state index in [0.717, 1.165) is 196 Å². The van der Waals surface area contributed by atoms with E-state index >= 15 is 0 Å². The highest BCUT2D eigenvalue weighted by Crippen LogP contribution is 2.45. The molecule has 6 amide bonds. The van der Waals surface area contributed by atoms with E-state index in [4.69, 9.17) is 51.4 Å². The molecule has 7 fully saturated rings. The van der Waals surface area contributed by atoms with Crippen LogP contribution in [0.4, 0.5) is 69.5 Å². The van der Waals surface area contributed by atoms with Crippen molar-refractivity contribution in [3.05, 3.63) is 123 Å². The van der Waals surface area contributed by atoms with Crippen molar-refractivity contribution in [2.75, 3.05) is 37.6 Å². The fourth-order valence-electron chi connectivity index (χ4n) is 17.3. The molecule has 7 saturated carbocycles. The molecule has 0 atom stereocenters. The Kier molecular flexibility index (Phi) is 42.6. The van der Waals surface area contributed by atoms with Crippen LogP contribution in [0, 0.1) is 0 Å². The summed E-state index contributed by atoms with van der Waals surface area (Å²) < 4.78 is 33.3. The van der Waals surface area contributed by atoms with Crippen LogP contribution in [0.3, 0.4) is 0 Å². The summed E-state index contributed by atoms with van der Waals surface area (Å²) >= 11 is 6.57. The monoisotopic (exact) mass is 2190 g/mol. The third kappa shape index (κ3) is 42.0. The summed E-state index contributed by atoms with van der Waals surface area (Å²) in [5.74, 6) is 4.31. The van der Waals surface area contributed by atoms with Crippen LogP contribution in [0.1, 0.15) is 427 Å². The van der Waals surface area contributed by atoms with E-state index in [1.54, 1.807) is 174 Å². The Morgan fingerprint density at radius 2 is 0.439 bits per heavy atom. The van der Waals surface area contributed by atoms with Gasteiger partial charge in [0.2, 0.25) is 0 Å². The standard InChI is InChI=1S/2C21H33N3O5.C20H29N3O5.2C11H16BrN3O.2C11H17N3O/c2*1-19(2,3)28-17(25)24(18(26)29-20(4,5)6)16-13-22-15(12-23-16)14-8-10-21(7,27)11-9-14;1-19(2,3)27-17(25)23(18(26)28-20(4,5)6)16-12-21-15(11-22-16)13-7-9-14(24)10-8-13;2*1-11(16)4-2-7(3-5-11)8-6-14-10(13)9(12)15-8;2*1-11(15)4-2-8(3-5-11)9-6-14-10(12)7-13-9/h2*12-14,27H,8-11H2,1-7H3;11-13H,7-10H2,1-6H3;2*6-7,16H,2-5H2,1H3,(H2,13,14);2*6-8,15H,2-5H2,1H3,(H2,12,14). The number of amides is 6. The highest BCUT2D eigenvalue weighted by molar-refractivity contribution is 9.10. The molecule has 14 N–H and O–H groups in total. The van der Waals surface area contributed by atoms with Crippen molar-refractivity contribution in [1.82, 2.24) is 69.8 Å². The molecule has 818 valence electrons. The molecule has 7 heterocycles. The number of rotatable bonds is 10. The molecule has 0 aliphatic heterocycles. The molecule has 14 rings (SSSR count). The van der Waals surface area contributed by atoms with Gasteiger partial charge in [0.1, 0.15) is 60.2 Å². The van der Waals surface area contributed by atoms with Crippen molar-refractivity contribution >= 4 is 115 Å². The SMILES string of the molecule is CC(C)(C)OC(=O)N(C(=O)OC(C)(C)C)c1cnc(C2CCC(=O)CC2)cn1.CC1(O)CCC(c2cnc(N(C(=O)OC(C)(C)C)C(=O)OC(C)(C)C)cn2)CC1.CC1(O)CCC(c2cnc(N(C(=O)OC(C)(C)C)C(=O)OC(C)(C)C)cn2)CC1.CC1(O)CCC(c2cnc(N)c(Br)n2)CC1.CC1(O)CCC(c2cnc(N)c(Br)n2)CC1.CC1(O)CCC(c2cnc(N)cn2)CC1.CC1(O)CCC(c2cnc(N)cn2)CC1. The number of ether oxygens (including phenoxy) is 6. The van der Waals surface area contributed by atoms with E-state index < -0.39 is 104 Å². The second-order valence-corrected chi connectivity index (χ2v) is 48.9. The van der Waals surface area contributed by atoms with Gasteiger partial charge in [-0.3, -0.25) is 29.7 Å². The summed E-state index contributed by atoms with van der Waals surface area (Å²) in [6, 6.07) is 0. The van der Waals surface area contributed by atoms with Gasteiger partial charge in [0.25, 0.3) is 0 Å². The van der Waals surface area contributed by atoms with E-state index in [1.165, 1.54) is 24.8 Å². The Bertz CT molecular complexity index is 5090. The fourth-order valence-corrected chi connectivity index (χ4v) is 18.0. The Hall–Kier alpha value is -10.6. The minimum atomic E-state index is -0.882. The van der Waals surface area contributed by atoms with Gasteiger partial charge in [-0.25, -0.2) is 73.6 Å². The van der Waals surface area contributed by atoms with Crippen LogP contribution in [0.5, 0.6) is 0 Å². The van der Waals surface area contributed by atoms with Crippen LogP contribution < -0.4 is 37.6 Å². The lowest BCUT2D eigenvalue weighted by Crippen LogP contribution is -2.44. The number of halogens is 2. The number of aliphatic hydroxyl groups is 6. The molecule has 40 nitrogen and oxygen atoms in total. The minimum absolute atomic E-state index is 0.0270. The maximum absolute atomic E-state index is 12.7. The molecular formula is C106H161Br2N21O19. The second kappa shape index (κ2) is 51.5. The number of hydrogen-bond donors (Lipinski definition) is 10. The van der Waals surface area contributed by atoms with Gasteiger partial charge in [0.15, 0.2) is 29.1 Å². The first-order valence-corrected chi connectivity index (χ1v) is 52.7. The average molecular weight is 2190 g/mol. The quantitative estimate of drug-likeness (QED) is 0.0569.